The lowest BCUT2D eigenvalue weighted by Gasteiger charge is -2.17. The fourth-order valence-electron chi connectivity index (χ4n) is 3.23. The Balaban J connectivity index is 1.61. The molecule has 0 aromatic carbocycles. The summed E-state index contributed by atoms with van der Waals surface area (Å²) in [5, 5.41) is 8.59. The summed E-state index contributed by atoms with van der Waals surface area (Å²) in [6.45, 7) is 1.73. The molecule has 5 N–H and O–H groups in total. The Morgan fingerprint density at radius 1 is 1.15 bits per heavy atom. The maximum absolute atomic E-state index is 8.59. The van der Waals surface area contributed by atoms with E-state index in [0.717, 1.165) is 36.6 Å². The van der Waals surface area contributed by atoms with Crippen LogP contribution in [0.2, 0.25) is 0 Å². The van der Waals surface area contributed by atoms with Crippen LogP contribution >= 0.6 is 0 Å². The molecule has 7 heteroatoms. The fraction of sp³-hybridized carbons (Fsp3) is 0.200. The zero-order valence-electron chi connectivity index (χ0n) is 14.8. The van der Waals surface area contributed by atoms with Crippen molar-refractivity contribution < 1.29 is 0 Å². The first-order valence-corrected chi connectivity index (χ1v) is 8.83. The van der Waals surface area contributed by atoms with Gasteiger partial charge in [0, 0.05) is 54.4 Å². The Morgan fingerprint density at radius 3 is 2.70 bits per heavy atom. The molecule has 3 aromatic rings. The highest BCUT2D eigenvalue weighted by Gasteiger charge is 2.20. The van der Waals surface area contributed by atoms with Crippen molar-refractivity contribution in [2.24, 2.45) is 5.73 Å². The van der Waals surface area contributed by atoms with Gasteiger partial charge in [-0.15, -0.1) is 0 Å². The van der Waals surface area contributed by atoms with Gasteiger partial charge in [-0.25, -0.2) is 4.98 Å². The normalized spacial score (nSPS) is 16.5. The minimum Gasteiger partial charge on any atom is -0.397 e. The topological polar surface area (TPSA) is 118 Å². The number of hydrogen-bond donors (Lipinski definition) is 3. The molecule has 1 saturated heterocycles. The molecule has 0 unspecified atom stereocenters. The van der Waals surface area contributed by atoms with Crippen LogP contribution in [0.5, 0.6) is 0 Å². The molecule has 4 rings (SSSR count). The highest BCUT2D eigenvalue weighted by Crippen LogP contribution is 2.24. The minimum atomic E-state index is 0.201. The van der Waals surface area contributed by atoms with Crippen LogP contribution in [0.4, 0.5) is 11.5 Å². The van der Waals surface area contributed by atoms with E-state index in [1.807, 2.05) is 30.3 Å². The van der Waals surface area contributed by atoms with Crippen LogP contribution in [0.1, 0.15) is 17.5 Å². The van der Waals surface area contributed by atoms with E-state index in [1.54, 1.807) is 24.8 Å². The molecule has 27 heavy (non-hydrogen) atoms. The fourth-order valence-corrected chi connectivity index (χ4v) is 3.23. The number of nitrogens with two attached hydrogens (primary N) is 2. The van der Waals surface area contributed by atoms with Crippen molar-refractivity contribution in [3.63, 3.8) is 0 Å². The van der Waals surface area contributed by atoms with E-state index in [4.69, 9.17) is 16.9 Å². The van der Waals surface area contributed by atoms with Gasteiger partial charge >= 0.3 is 0 Å². The SMILES string of the molecule is N=C(c1ccc(N2CC[C@H](N)C2)nc1)c1cc(-c2cccnc2)ncc1N. The second-order valence-corrected chi connectivity index (χ2v) is 6.67. The summed E-state index contributed by atoms with van der Waals surface area (Å²) in [4.78, 5) is 15.2. The minimum absolute atomic E-state index is 0.201. The molecule has 1 aliphatic heterocycles. The largest absolute Gasteiger partial charge is 0.397 e. The number of nitrogens with one attached hydrogen (secondary N) is 1. The number of pyridine rings is 3. The smallest absolute Gasteiger partial charge is 0.128 e. The highest BCUT2D eigenvalue weighted by atomic mass is 15.2. The van der Waals surface area contributed by atoms with Crippen molar-refractivity contribution in [2.75, 3.05) is 23.7 Å². The number of nitrogens with zero attached hydrogens (tertiary/aromatic N) is 4. The Hall–Kier alpha value is -3.32. The van der Waals surface area contributed by atoms with E-state index in [1.165, 1.54) is 0 Å². The van der Waals surface area contributed by atoms with Crippen LogP contribution in [0.15, 0.2) is 55.1 Å². The van der Waals surface area contributed by atoms with Crippen LogP contribution < -0.4 is 16.4 Å². The van der Waals surface area contributed by atoms with Crippen LogP contribution in [-0.4, -0.2) is 39.8 Å². The Bertz CT molecular complexity index is 954. The Labute approximate surface area is 157 Å². The van der Waals surface area contributed by atoms with Gasteiger partial charge < -0.3 is 16.4 Å². The van der Waals surface area contributed by atoms with Crippen LogP contribution in [0.3, 0.4) is 0 Å². The molecule has 1 aliphatic rings. The molecule has 3 aromatic heterocycles. The summed E-state index contributed by atoms with van der Waals surface area (Å²) in [6.07, 6.45) is 7.72. The lowest BCUT2D eigenvalue weighted by Crippen LogP contribution is -2.26. The van der Waals surface area contributed by atoms with Crippen LogP contribution in [0, 0.1) is 5.41 Å². The van der Waals surface area contributed by atoms with E-state index < -0.39 is 0 Å². The number of anilines is 2. The summed E-state index contributed by atoms with van der Waals surface area (Å²) in [7, 11) is 0. The number of hydrogen-bond acceptors (Lipinski definition) is 7. The predicted molar refractivity (Wildman–Crippen MR) is 107 cm³/mol. The van der Waals surface area contributed by atoms with Crippen molar-refractivity contribution in [1.82, 2.24) is 15.0 Å². The molecule has 0 aliphatic carbocycles. The third kappa shape index (κ3) is 3.50. The predicted octanol–water partition coefficient (Wildman–Crippen LogP) is 2.07. The highest BCUT2D eigenvalue weighted by molar-refractivity contribution is 6.14. The lowest BCUT2D eigenvalue weighted by molar-refractivity contribution is 0.751. The Morgan fingerprint density at radius 2 is 2.04 bits per heavy atom. The van der Waals surface area contributed by atoms with Gasteiger partial charge in [-0.3, -0.25) is 15.4 Å². The van der Waals surface area contributed by atoms with E-state index in [2.05, 4.69) is 19.9 Å². The first kappa shape index (κ1) is 17.1. The summed E-state index contributed by atoms with van der Waals surface area (Å²) in [5.41, 5.74) is 15.8. The average molecular weight is 359 g/mol. The van der Waals surface area contributed by atoms with Gasteiger partial charge in [-0.05, 0) is 36.8 Å². The summed E-state index contributed by atoms with van der Waals surface area (Å²) < 4.78 is 0. The van der Waals surface area contributed by atoms with Crippen molar-refractivity contribution in [3.8, 4) is 11.3 Å². The third-order valence-electron chi connectivity index (χ3n) is 4.75. The molecule has 1 fully saturated rings. The zero-order chi connectivity index (χ0) is 18.8. The monoisotopic (exact) mass is 359 g/mol. The summed E-state index contributed by atoms with van der Waals surface area (Å²) in [5.74, 6) is 0.887. The molecule has 0 spiro atoms. The number of aromatic nitrogens is 3. The molecule has 136 valence electrons. The van der Waals surface area contributed by atoms with Gasteiger partial charge in [0.05, 0.1) is 23.3 Å². The molecule has 0 amide bonds. The van der Waals surface area contributed by atoms with E-state index in [9.17, 15) is 0 Å². The molecule has 0 radical (unpaired) electrons. The first-order valence-electron chi connectivity index (χ1n) is 8.83. The van der Waals surface area contributed by atoms with Gasteiger partial charge in [0.25, 0.3) is 0 Å². The first-order chi connectivity index (χ1) is 13.1. The summed E-state index contributed by atoms with van der Waals surface area (Å²) in [6, 6.07) is 9.63. The van der Waals surface area contributed by atoms with Crippen molar-refractivity contribution in [3.05, 3.63) is 66.2 Å². The molecular weight excluding hydrogens is 338 g/mol. The zero-order valence-corrected chi connectivity index (χ0v) is 14.8. The summed E-state index contributed by atoms with van der Waals surface area (Å²) >= 11 is 0. The van der Waals surface area contributed by atoms with Crippen LogP contribution in [-0.2, 0) is 0 Å². The van der Waals surface area contributed by atoms with Gasteiger partial charge in [0.1, 0.15) is 5.82 Å². The van der Waals surface area contributed by atoms with Gasteiger partial charge in [0.15, 0.2) is 0 Å². The van der Waals surface area contributed by atoms with Crippen molar-refractivity contribution in [1.29, 1.82) is 5.41 Å². The van der Waals surface area contributed by atoms with Gasteiger partial charge in [-0.1, -0.05) is 0 Å². The molecule has 4 heterocycles. The van der Waals surface area contributed by atoms with Crippen LogP contribution in [0.25, 0.3) is 11.3 Å². The quantitative estimate of drug-likeness (QED) is 0.614. The number of nitrogen functional groups attached to an aromatic ring is 1. The van der Waals surface area contributed by atoms with Gasteiger partial charge in [0.2, 0.25) is 0 Å². The number of rotatable bonds is 4. The second kappa shape index (κ2) is 7.13. The van der Waals surface area contributed by atoms with E-state index in [-0.39, 0.29) is 6.04 Å². The molecule has 0 saturated carbocycles. The molecule has 1 atom stereocenters. The molecule has 7 nitrogen and oxygen atoms in total. The van der Waals surface area contributed by atoms with Gasteiger partial charge in [-0.2, -0.15) is 0 Å². The lowest BCUT2D eigenvalue weighted by atomic mass is 10.0. The maximum atomic E-state index is 8.59. The molecule has 0 bridgehead atoms. The third-order valence-corrected chi connectivity index (χ3v) is 4.75. The van der Waals surface area contributed by atoms with E-state index >= 15 is 0 Å². The van der Waals surface area contributed by atoms with Crippen molar-refractivity contribution in [2.45, 2.75) is 12.5 Å². The molecular formula is C20H21N7. The second-order valence-electron chi connectivity index (χ2n) is 6.67. The maximum Gasteiger partial charge on any atom is 0.128 e. The van der Waals surface area contributed by atoms with Crippen molar-refractivity contribution >= 4 is 17.2 Å². The average Bonchev–Trinajstić information content (AvgIpc) is 3.15. The van der Waals surface area contributed by atoms with E-state index in [0.29, 0.717) is 22.5 Å². The standard InChI is InChI=1S/C20H21N7/c21-15-5-7-27(12-15)19-4-3-14(10-26-19)20(23)16-8-18(25-11-17(16)22)13-2-1-6-24-9-13/h1-4,6,8-11,15,23H,5,7,12,21-22H2/t15-/m0/s1. The Kier molecular flexibility index (Phi) is 4.52.